The lowest BCUT2D eigenvalue weighted by Crippen LogP contribution is -2.48. The highest BCUT2D eigenvalue weighted by molar-refractivity contribution is 7.89. The highest BCUT2D eigenvalue weighted by atomic mass is 32.2. The standard InChI is InChI=1S/C43H55N5O11S/c1-25-26(2)37(27(3)28-19-20-43(7,8)58-36(25)28)60(54,55)48-45-24-44-21-13-18-34(39(51)56-23-35(38(49)50)47-41(53)59-42(4,5)6)46-40(52)57-22-33-31-16-11-9-14-29(31)30-15-10-12-17-32(30)33/h9-12,14-17,24,33-35,48H,13,18-23H2,1-8H3,(H,44,45)(H,46,52)(H,47,53)(H,49,50)/t34-,35-/m0/s1. The summed E-state index contributed by atoms with van der Waals surface area (Å²) < 4.78 is 49.2. The Morgan fingerprint density at radius 2 is 1.53 bits per heavy atom. The average molecular weight is 850 g/mol. The molecule has 0 bridgehead atoms. The summed E-state index contributed by atoms with van der Waals surface area (Å²) in [7, 11) is -4.02. The van der Waals surface area contributed by atoms with Gasteiger partial charge in [0.15, 0.2) is 6.04 Å². The van der Waals surface area contributed by atoms with Crippen molar-refractivity contribution in [3.8, 4) is 16.9 Å². The number of amides is 2. The first kappa shape index (κ1) is 45.4. The first-order valence-electron chi connectivity index (χ1n) is 19.8. The van der Waals surface area contributed by atoms with Crippen LogP contribution in [0.15, 0.2) is 58.4 Å². The molecule has 60 heavy (non-hydrogen) atoms. The Hall–Kier alpha value is -5.68. The van der Waals surface area contributed by atoms with Gasteiger partial charge in [0.1, 0.15) is 36.2 Å². The lowest BCUT2D eigenvalue weighted by Gasteiger charge is -2.35. The number of nitrogens with one attached hydrogen (secondary N) is 4. The van der Waals surface area contributed by atoms with Crippen molar-refractivity contribution in [2.45, 2.75) is 115 Å². The van der Waals surface area contributed by atoms with Crippen LogP contribution in [0.4, 0.5) is 9.59 Å². The van der Waals surface area contributed by atoms with Crippen LogP contribution in [-0.4, -0.2) is 87.0 Å². The second-order valence-corrected chi connectivity index (χ2v) is 18.1. The summed E-state index contributed by atoms with van der Waals surface area (Å²) >= 11 is 0. The largest absolute Gasteiger partial charge is 0.487 e. The van der Waals surface area contributed by atoms with Gasteiger partial charge in [-0.25, -0.2) is 27.6 Å². The molecule has 5 rings (SSSR count). The Kier molecular flexibility index (Phi) is 14.2. The van der Waals surface area contributed by atoms with Crippen LogP contribution in [0.1, 0.15) is 93.2 Å². The van der Waals surface area contributed by atoms with Gasteiger partial charge in [0.2, 0.25) is 0 Å². The van der Waals surface area contributed by atoms with Crippen molar-refractivity contribution in [2.75, 3.05) is 19.8 Å². The summed E-state index contributed by atoms with van der Waals surface area (Å²) in [4.78, 5) is 57.4. The molecule has 1 aliphatic carbocycles. The van der Waals surface area contributed by atoms with Gasteiger partial charge >= 0.3 is 24.1 Å². The van der Waals surface area contributed by atoms with Crippen molar-refractivity contribution < 1.29 is 51.6 Å². The number of alkyl carbamates (subject to hydrolysis) is 2. The van der Waals surface area contributed by atoms with Crippen LogP contribution < -0.4 is 25.6 Å². The lowest BCUT2D eigenvalue weighted by atomic mass is 9.88. The van der Waals surface area contributed by atoms with E-state index >= 15 is 0 Å². The fourth-order valence-electron chi connectivity index (χ4n) is 7.32. The third-order valence-corrected chi connectivity index (χ3v) is 11.9. The minimum absolute atomic E-state index is 0.0189. The van der Waals surface area contributed by atoms with Crippen molar-refractivity contribution in [1.82, 2.24) is 20.9 Å². The van der Waals surface area contributed by atoms with E-state index in [9.17, 15) is 32.7 Å². The minimum atomic E-state index is -4.02. The van der Waals surface area contributed by atoms with E-state index in [0.717, 1.165) is 45.6 Å². The fraction of sp³-hybridized carbons (Fsp3) is 0.465. The molecule has 5 N–H and O–H groups in total. The number of ether oxygens (including phenoxy) is 4. The van der Waals surface area contributed by atoms with Gasteiger partial charge in [-0.2, -0.15) is 0 Å². The number of carbonyl (C=O) groups excluding carboxylic acids is 3. The zero-order valence-electron chi connectivity index (χ0n) is 35.3. The molecular formula is C43H55N5O11S. The molecule has 0 fully saturated rings. The molecule has 17 heteroatoms. The second kappa shape index (κ2) is 18.7. The number of carboxylic acid groups (broad SMARTS) is 1. The number of fused-ring (bicyclic) bond motifs is 4. The number of sulfonamides is 1. The van der Waals surface area contributed by atoms with E-state index in [1.807, 2.05) is 69.3 Å². The second-order valence-electron chi connectivity index (χ2n) is 16.5. The van der Waals surface area contributed by atoms with Crippen LogP contribution in [-0.2, 0) is 40.2 Å². The van der Waals surface area contributed by atoms with Gasteiger partial charge in [-0.05, 0) is 126 Å². The summed E-state index contributed by atoms with van der Waals surface area (Å²) in [5.74, 6) is -1.97. The van der Waals surface area contributed by atoms with Crippen molar-refractivity contribution in [3.05, 3.63) is 81.9 Å². The summed E-state index contributed by atoms with van der Waals surface area (Å²) in [6.45, 7) is 13.5. The Bertz CT molecular complexity index is 2210. The molecular weight excluding hydrogens is 795 g/mol. The minimum Gasteiger partial charge on any atom is -0.487 e. The number of carbonyl (C=O) groups is 4. The van der Waals surface area contributed by atoms with Crippen LogP contribution in [0.2, 0.25) is 0 Å². The fourth-order valence-corrected chi connectivity index (χ4v) is 8.72. The first-order chi connectivity index (χ1) is 28.2. The highest BCUT2D eigenvalue weighted by Crippen LogP contribution is 2.45. The van der Waals surface area contributed by atoms with Crippen molar-refractivity contribution in [1.29, 1.82) is 0 Å². The van der Waals surface area contributed by atoms with E-state index in [-0.39, 0.29) is 42.4 Å². The summed E-state index contributed by atoms with van der Waals surface area (Å²) in [6, 6.07) is 12.7. The van der Waals surface area contributed by atoms with Gasteiger partial charge in [-0.3, -0.25) is 10.4 Å². The Morgan fingerprint density at radius 3 is 2.15 bits per heavy atom. The molecule has 2 amide bonds. The van der Waals surface area contributed by atoms with Crippen LogP contribution >= 0.6 is 0 Å². The lowest BCUT2D eigenvalue weighted by molar-refractivity contribution is -0.150. The number of hydrogen-bond donors (Lipinski definition) is 5. The van der Waals surface area contributed by atoms with Gasteiger partial charge in [-0.15, -0.1) is 4.83 Å². The maximum absolute atomic E-state index is 13.5. The number of nitrogens with zero attached hydrogens (tertiary/aromatic N) is 1. The maximum Gasteiger partial charge on any atom is 0.408 e. The SMILES string of the molecule is Cc1c(C)c(S(=O)(=O)NNC=NCCC[C@H](NC(=O)OCC2c3ccccc3-c3ccccc32)C(=O)OC[C@H](NC(=O)OC(C)(C)C)C(=O)O)c(C)c2c1OC(C)(C)CC2. The van der Waals surface area contributed by atoms with E-state index in [1.54, 1.807) is 34.6 Å². The summed E-state index contributed by atoms with van der Waals surface area (Å²) in [6.07, 6.45) is 0.856. The number of hydrazine groups is 1. The van der Waals surface area contributed by atoms with Crippen LogP contribution in [0.3, 0.4) is 0 Å². The van der Waals surface area contributed by atoms with E-state index < -0.39 is 58.4 Å². The van der Waals surface area contributed by atoms with Crippen LogP contribution in [0, 0.1) is 20.8 Å². The van der Waals surface area contributed by atoms with Gasteiger partial charge < -0.3 is 34.7 Å². The number of hydrogen-bond acceptors (Lipinski definition) is 11. The molecule has 1 aliphatic heterocycles. The number of carboxylic acids is 1. The van der Waals surface area contributed by atoms with E-state index in [0.29, 0.717) is 17.5 Å². The molecule has 0 aromatic heterocycles. The molecule has 3 aromatic rings. The number of benzene rings is 3. The predicted molar refractivity (Wildman–Crippen MR) is 223 cm³/mol. The van der Waals surface area contributed by atoms with Gasteiger partial charge in [-0.1, -0.05) is 48.5 Å². The van der Waals surface area contributed by atoms with Crippen LogP contribution in [0.5, 0.6) is 5.75 Å². The molecule has 324 valence electrons. The number of aliphatic carboxylic acids is 1. The molecule has 2 atom stereocenters. The summed E-state index contributed by atoms with van der Waals surface area (Å²) in [5, 5.41) is 14.4. The van der Waals surface area contributed by atoms with E-state index in [4.69, 9.17) is 18.9 Å². The molecule has 0 spiro atoms. The summed E-state index contributed by atoms with van der Waals surface area (Å²) in [5.41, 5.74) is 8.15. The molecule has 0 saturated heterocycles. The van der Waals surface area contributed by atoms with E-state index in [2.05, 4.69) is 25.9 Å². The normalized spacial score (nSPS) is 15.4. The van der Waals surface area contributed by atoms with Gasteiger partial charge in [0.05, 0.1) is 11.2 Å². The predicted octanol–water partition coefficient (Wildman–Crippen LogP) is 5.74. The number of aliphatic imine (C=N–C) groups is 1. The smallest absolute Gasteiger partial charge is 0.408 e. The molecule has 16 nitrogen and oxygen atoms in total. The van der Waals surface area contributed by atoms with Crippen LogP contribution in [0.25, 0.3) is 11.1 Å². The number of rotatable bonds is 16. The van der Waals surface area contributed by atoms with Crippen molar-refractivity contribution in [2.24, 2.45) is 4.99 Å². The van der Waals surface area contributed by atoms with E-state index in [1.165, 1.54) is 6.34 Å². The molecule has 3 aromatic carbocycles. The maximum atomic E-state index is 13.5. The molecule has 0 saturated carbocycles. The Balaban J connectivity index is 1.20. The molecule has 0 unspecified atom stereocenters. The zero-order chi connectivity index (χ0) is 44.0. The monoisotopic (exact) mass is 849 g/mol. The Morgan fingerprint density at radius 1 is 0.917 bits per heavy atom. The Labute approximate surface area is 350 Å². The molecule has 1 heterocycles. The molecule has 0 radical (unpaired) electrons. The van der Waals surface area contributed by atoms with Gasteiger partial charge in [0, 0.05) is 12.5 Å². The first-order valence-corrected chi connectivity index (χ1v) is 21.2. The van der Waals surface area contributed by atoms with Crippen molar-refractivity contribution >= 4 is 40.5 Å². The quantitative estimate of drug-likeness (QED) is 0.0291. The van der Waals surface area contributed by atoms with Crippen molar-refractivity contribution in [3.63, 3.8) is 0 Å². The zero-order valence-corrected chi connectivity index (χ0v) is 36.1. The topological polar surface area (TPSA) is 220 Å². The number of esters is 1. The average Bonchev–Trinajstić information content (AvgIpc) is 3.48. The highest BCUT2D eigenvalue weighted by Gasteiger charge is 2.34. The molecule has 2 aliphatic rings. The van der Waals surface area contributed by atoms with Gasteiger partial charge in [0.25, 0.3) is 10.0 Å². The third kappa shape index (κ3) is 11.1. The third-order valence-electron chi connectivity index (χ3n) is 10.4.